The minimum Gasteiger partial charge on any atom is -0.380 e. The molecule has 0 aromatic rings. The second-order valence-electron chi connectivity index (χ2n) is 5.99. The van der Waals surface area contributed by atoms with Crippen molar-refractivity contribution in [3.8, 4) is 0 Å². The fourth-order valence-corrected chi connectivity index (χ4v) is 2.47. The Kier molecular flexibility index (Phi) is 8.02. The molecule has 2 aliphatic heterocycles. The molecule has 7 heteroatoms. The fourth-order valence-electron chi connectivity index (χ4n) is 2.47. The third kappa shape index (κ3) is 6.08. The summed E-state index contributed by atoms with van der Waals surface area (Å²) >= 11 is 0. The van der Waals surface area contributed by atoms with E-state index in [0.717, 1.165) is 0 Å². The first kappa shape index (κ1) is 18.1. The van der Waals surface area contributed by atoms with Crippen molar-refractivity contribution in [2.45, 2.75) is 13.2 Å². The van der Waals surface area contributed by atoms with E-state index in [1.165, 1.54) is 0 Å². The summed E-state index contributed by atoms with van der Waals surface area (Å²) in [5.74, 6) is 0. The molecule has 7 nitrogen and oxygen atoms in total. The van der Waals surface area contributed by atoms with Crippen LogP contribution < -0.4 is 0 Å². The van der Waals surface area contributed by atoms with Gasteiger partial charge in [-0.15, -0.1) is 0 Å². The molecule has 0 aliphatic carbocycles. The van der Waals surface area contributed by atoms with Gasteiger partial charge in [-0.25, -0.2) is 0 Å². The Morgan fingerprint density at radius 1 is 0.727 bits per heavy atom. The van der Waals surface area contributed by atoms with Crippen molar-refractivity contribution in [1.29, 1.82) is 0 Å². The molecule has 0 saturated carbocycles. The second kappa shape index (κ2) is 9.77. The lowest BCUT2D eigenvalue weighted by Gasteiger charge is -2.40. The van der Waals surface area contributed by atoms with Crippen molar-refractivity contribution >= 4 is 0 Å². The van der Waals surface area contributed by atoms with Crippen LogP contribution in [0.1, 0.15) is 6.92 Å². The maximum absolute atomic E-state index is 9.71. The van der Waals surface area contributed by atoms with Crippen molar-refractivity contribution in [2.24, 2.45) is 5.41 Å². The van der Waals surface area contributed by atoms with Crippen molar-refractivity contribution < 1.29 is 28.8 Å². The van der Waals surface area contributed by atoms with Crippen molar-refractivity contribution in [3.63, 3.8) is 0 Å². The van der Waals surface area contributed by atoms with Crippen LogP contribution in [0.3, 0.4) is 0 Å². The number of hydrogen-bond donors (Lipinski definition) is 1. The highest BCUT2D eigenvalue weighted by atomic mass is 16.6. The summed E-state index contributed by atoms with van der Waals surface area (Å²) in [5, 5.41) is 9.71. The van der Waals surface area contributed by atoms with Gasteiger partial charge in [-0.2, -0.15) is 0 Å². The number of aliphatic hydroxyl groups is 1. The highest BCUT2D eigenvalue weighted by Gasteiger charge is 2.39. The summed E-state index contributed by atoms with van der Waals surface area (Å²) in [4.78, 5) is 1.92. The van der Waals surface area contributed by atoms with Gasteiger partial charge in [0.05, 0.1) is 71.5 Å². The normalized spacial score (nSPS) is 28.1. The number of rotatable bonds is 1. The number of ether oxygens (including phenoxy) is 5. The molecule has 2 saturated heterocycles. The van der Waals surface area contributed by atoms with Gasteiger partial charge in [-0.05, 0) is 6.92 Å². The van der Waals surface area contributed by atoms with Crippen LogP contribution in [0.15, 0.2) is 0 Å². The minimum absolute atomic E-state index is 0.000186. The topological polar surface area (TPSA) is 69.6 Å². The molecular formula is C15H29NO6. The molecule has 2 heterocycles. The number of hydrogen-bond acceptors (Lipinski definition) is 7. The van der Waals surface area contributed by atoms with Crippen LogP contribution in [0.5, 0.6) is 0 Å². The highest BCUT2D eigenvalue weighted by Crippen LogP contribution is 2.28. The summed E-state index contributed by atoms with van der Waals surface area (Å²) in [6.07, 6.45) is -0.503. The largest absolute Gasteiger partial charge is 0.380 e. The van der Waals surface area contributed by atoms with E-state index in [4.69, 9.17) is 23.7 Å². The maximum atomic E-state index is 9.71. The average molecular weight is 319 g/mol. The molecule has 2 fully saturated rings. The molecule has 130 valence electrons. The van der Waals surface area contributed by atoms with E-state index >= 15 is 0 Å². The zero-order valence-electron chi connectivity index (χ0n) is 13.5. The molecule has 1 atom stereocenters. The first-order valence-electron chi connectivity index (χ1n) is 8.03. The molecule has 1 unspecified atom stereocenters. The van der Waals surface area contributed by atoms with E-state index in [9.17, 15) is 5.11 Å². The van der Waals surface area contributed by atoms with E-state index in [1.807, 2.05) is 4.90 Å². The second-order valence-corrected chi connectivity index (χ2v) is 5.99. The molecule has 0 amide bonds. The van der Waals surface area contributed by atoms with Gasteiger partial charge in [0.25, 0.3) is 0 Å². The zero-order valence-corrected chi connectivity index (χ0v) is 13.5. The predicted octanol–water partition coefficient (Wildman–Crippen LogP) is -0.277. The Morgan fingerprint density at radius 2 is 1.18 bits per heavy atom. The number of nitrogens with zero attached hydrogens (tertiary/aromatic N) is 1. The van der Waals surface area contributed by atoms with Gasteiger partial charge in [-0.3, -0.25) is 4.90 Å². The van der Waals surface area contributed by atoms with Crippen molar-refractivity contribution in [1.82, 2.24) is 4.90 Å². The summed E-state index contributed by atoms with van der Waals surface area (Å²) in [6, 6.07) is 0. The van der Waals surface area contributed by atoms with Crippen LogP contribution in [-0.2, 0) is 23.7 Å². The maximum Gasteiger partial charge on any atom is 0.104 e. The lowest BCUT2D eigenvalue weighted by atomic mass is 9.88. The van der Waals surface area contributed by atoms with E-state index in [2.05, 4.69) is 0 Å². The Bertz CT molecular complexity index is 278. The number of aliphatic hydroxyl groups excluding tert-OH is 1. The Balaban J connectivity index is 1.73. The molecule has 2 aliphatic rings. The molecular weight excluding hydrogens is 290 g/mol. The molecule has 0 bridgehead atoms. The molecule has 0 aromatic heterocycles. The first-order chi connectivity index (χ1) is 10.7. The summed E-state index contributed by atoms with van der Waals surface area (Å²) in [7, 11) is 0. The summed E-state index contributed by atoms with van der Waals surface area (Å²) < 4.78 is 27.8. The third-order valence-electron chi connectivity index (χ3n) is 3.95. The van der Waals surface area contributed by atoms with E-state index < -0.39 is 6.23 Å². The van der Waals surface area contributed by atoms with Crippen molar-refractivity contribution in [3.05, 3.63) is 0 Å². The molecule has 2 rings (SSSR count). The van der Waals surface area contributed by atoms with Gasteiger partial charge in [0, 0.05) is 13.1 Å². The monoisotopic (exact) mass is 319 g/mol. The van der Waals surface area contributed by atoms with Gasteiger partial charge in [0.2, 0.25) is 0 Å². The lowest BCUT2D eigenvalue weighted by molar-refractivity contribution is -0.182. The van der Waals surface area contributed by atoms with Gasteiger partial charge in [0.15, 0.2) is 0 Å². The lowest BCUT2D eigenvalue weighted by Crippen LogP contribution is -2.50. The molecule has 22 heavy (non-hydrogen) atoms. The van der Waals surface area contributed by atoms with Crippen LogP contribution in [0.2, 0.25) is 0 Å². The quantitative estimate of drug-likeness (QED) is 0.713. The van der Waals surface area contributed by atoms with Gasteiger partial charge >= 0.3 is 0 Å². The van der Waals surface area contributed by atoms with Crippen LogP contribution in [0.4, 0.5) is 0 Å². The minimum atomic E-state index is -0.503. The van der Waals surface area contributed by atoms with Gasteiger partial charge in [0.1, 0.15) is 6.23 Å². The zero-order chi connectivity index (χ0) is 15.7. The molecule has 0 radical (unpaired) electrons. The standard InChI is InChI=1S/C15H29NO6/c1-14(17)16-2-4-18-6-8-20-10-15(12-22-13-15)11-21-9-7-19-5-3-16/h14,17H,2-13H2,1H3. The Labute approximate surface area is 132 Å². The molecule has 1 N–H and O–H groups in total. The fraction of sp³-hybridized carbons (Fsp3) is 1.00. The summed E-state index contributed by atoms with van der Waals surface area (Å²) in [6.45, 7) is 9.17. The van der Waals surface area contributed by atoms with Crippen LogP contribution in [-0.4, -0.2) is 95.4 Å². The SMILES string of the molecule is CC(O)N1CCOCCOCC2(COCCOCC1)COC2. The highest BCUT2D eigenvalue weighted by molar-refractivity contribution is 4.85. The molecule has 1 spiro atoms. The van der Waals surface area contributed by atoms with Crippen LogP contribution >= 0.6 is 0 Å². The molecule has 0 aromatic carbocycles. The van der Waals surface area contributed by atoms with E-state index in [-0.39, 0.29) is 5.41 Å². The van der Waals surface area contributed by atoms with E-state index in [0.29, 0.717) is 79.2 Å². The summed E-state index contributed by atoms with van der Waals surface area (Å²) in [5.41, 5.74) is 0.000186. The first-order valence-corrected chi connectivity index (χ1v) is 8.03. The Hall–Kier alpha value is -0.280. The van der Waals surface area contributed by atoms with Gasteiger partial charge in [-0.1, -0.05) is 0 Å². The van der Waals surface area contributed by atoms with Gasteiger partial charge < -0.3 is 28.8 Å². The van der Waals surface area contributed by atoms with Crippen molar-refractivity contribution in [2.75, 3.05) is 79.2 Å². The van der Waals surface area contributed by atoms with Crippen LogP contribution in [0.25, 0.3) is 0 Å². The smallest absolute Gasteiger partial charge is 0.104 e. The third-order valence-corrected chi connectivity index (χ3v) is 3.95. The van der Waals surface area contributed by atoms with E-state index in [1.54, 1.807) is 6.92 Å². The predicted molar refractivity (Wildman–Crippen MR) is 79.8 cm³/mol. The Morgan fingerprint density at radius 3 is 1.59 bits per heavy atom. The average Bonchev–Trinajstić information content (AvgIpc) is 2.45. The van der Waals surface area contributed by atoms with Crippen LogP contribution in [0, 0.1) is 5.41 Å².